The van der Waals surface area contributed by atoms with Gasteiger partial charge in [0.15, 0.2) is 0 Å². The van der Waals surface area contributed by atoms with Gasteiger partial charge in [-0.15, -0.1) is 12.4 Å². The monoisotopic (exact) mass is 316 g/mol. The highest BCUT2D eigenvalue weighted by Crippen LogP contribution is 2.16. The minimum atomic E-state index is 0. The summed E-state index contributed by atoms with van der Waals surface area (Å²) in [6.07, 6.45) is 3.63. The number of carbonyl (C=O) groups is 1. The number of halogens is 1. The van der Waals surface area contributed by atoms with Crippen molar-refractivity contribution in [3.05, 3.63) is 59.7 Å². The fourth-order valence-electron chi connectivity index (χ4n) is 2.64. The Kier molecular flexibility index (Phi) is 5.99. The lowest BCUT2D eigenvalue weighted by atomic mass is 10.0. The van der Waals surface area contributed by atoms with Crippen LogP contribution in [-0.2, 0) is 11.2 Å². The number of benzene rings is 2. The molecule has 1 aliphatic heterocycles. The lowest BCUT2D eigenvalue weighted by Crippen LogP contribution is -2.30. The Hall–Kier alpha value is -1.84. The van der Waals surface area contributed by atoms with Gasteiger partial charge in [0.1, 0.15) is 0 Å². The molecular formula is C18H21ClN2O. The molecule has 1 aliphatic rings. The van der Waals surface area contributed by atoms with Crippen molar-refractivity contribution in [2.75, 3.05) is 19.6 Å². The van der Waals surface area contributed by atoms with Crippen molar-refractivity contribution in [2.45, 2.75) is 12.8 Å². The quantitative estimate of drug-likeness (QED) is 0.852. The Labute approximate surface area is 137 Å². The predicted octanol–water partition coefficient (Wildman–Crippen LogP) is 2.84. The van der Waals surface area contributed by atoms with Crippen LogP contribution >= 0.6 is 12.4 Å². The molecule has 2 aromatic rings. The van der Waals surface area contributed by atoms with E-state index < -0.39 is 0 Å². The summed E-state index contributed by atoms with van der Waals surface area (Å²) in [5.41, 5.74) is 2.38. The van der Waals surface area contributed by atoms with E-state index in [2.05, 4.69) is 41.0 Å². The van der Waals surface area contributed by atoms with Gasteiger partial charge in [0.25, 0.3) is 0 Å². The molecule has 0 atom stereocenters. The van der Waals surface area contributed by atoms with Crippen LogP contribution in [0.15, 0.2) is 54.1 Å². The predicted molar refractivity (Wildman–Crippen MR) is 93.5 cm³/mol. The third-order valence-electron chi connectivity index (χ3n) is 3.85. The van der Waals surface area contributed by atoms with Crippen LogP contribution in [-0.4, -0.2) is 25.5 Å². The second-order valence-corrected chi connectivity index (χ2v) is 5.45. The summed E-state index contributed by atoms with van der Waals surface area (Å²) >= 11 is 0. The van der Waals surface area contributed by atoms with Crippen LogP contribution in [0, 0.1) is 0 Å². The highest BCUT2D eigenvalue weighted by atomic mass is 35.5. The zero-order chi connectivity index (χ0) is 14.5. The molecular weight excluding hydrogens is 296 g/mol. The lowest BCUT2D eigenvalue weighted by Gasteiger charge is -2.14. The molecule has 0 radical (unpaired) electrons. The molecule has 0 aliphatic carbocycles. The number of hydrogen-bond acceptors (Lipinski definition) is 2. The minimum Gasteiger partial charge on any atom is -0.352 e. The van der Waals surface area contributed by atoms with Crippen molar-refractivity contribution >= 4 is 29.1 Å². The van der Waals surface area contributed by atoms with Gasteiger partial charge >= 0.3 is 0 Å². The summed E-state index contributed by atoms with van der Waals surface area (Å²) in [5.74, 6) is 0.0877. The van der Waals surface area contributed by atoms with Crippen LogP contribution < -0.4 is 10.6 Å². The first-order valence-corrected chi connectivity index (χ1v) is 7.44. The van der Waals surface area contributed by atoms with Crippen LogP contribution in [0.2, 0.25) is 0 Å². The summed E-state index contributed by atoms with van der Waals surface area (Å²) in [6, 6.07) is 14.4. The van der Waals surface area contributed by atoms with Crippen molar-refractivity contribution in [2.24, 2.45) is 0 Å². The second kappa shape index (κ2) is 7.97. The number of carbonyl (C=O) groups excluding carboxylic acids is 1. The highest BCUT2D eigenvalue weighted by Gasteiger charge is 2.07. The fourth-order valence-corrected chi connectivity index (χ4v) is 2.64. The Morgan fingerprint density at radius 3 is 2.73 bits per heavy atom. The molecule has 2 N–H and O–H groups in total. The first-order valence-electron chi connectivity index (χ1n) is 7.44. The average molecular weight is 317 g/mol. The molecule has 3 nitrogen and oxygen atoms in total. The van der Waals surface area contributed by atoms with E-state index in [1.54, 1.807) is 0 Å². The molecule has 2 aromatic carbocycles. The normalized spacial score (nSPS) is 14.1. The Morgan fingerprint density at radius 1 is 1.14 bits per heavy atom. The van der Waals surface area contributed by atoms with E-state index in [0.717, 1.165) is 25.1 Å². The first kappa shape index (κ1) is 16.5. The Bertz CT molecular complexity index is 682. The SMILES string of the molecule is Cl.O=C(Cc1ccc2ccccc2c1)NCC1=CCNCC1. The number of amides is 1. The number of rotatable bonds is 4. The summed E-state index contributed by atoms with van der Waals surface area (Å²) in [4.78, 5) is 12.0. The molecule has 0 spiro atoms. The molecule has 0 bridgehead atoms. The van der Waals surface area contributed by atoms with Gasteiger partial charge in [-0.05, 0) is 29.3 Å². The van der Waals surface area contributed by atoms with Gasteiger partial charge in [0.05, 0.1) is 6.42 Å². The average Bonchev–Trinajstić information content (AvgIpc) is 2.54. The molecule has 1 amide bonds. The van der Waals surface area contributed by atoms with Crippen LogP contribution in [0.4, 0.5) is 0 Å². The van der Waals surface area contributed by atoms with Crippen LogP contribution in [0.25, 0.3) is 10.8 Å². The van der Waals surface area contributed by atoms with Gasteiger partial charge < -0.3 is 10.6 Å². The molecule has 4 heteroatoms. The zero-order valence-corrected chi connectivity index (χ0v) is 13.3. The third kappa shape index (κ3) is 4.33. The van der Waals surface area contributed by atoms with Crippen LogP contribution in [0.1, 0.15) is 12.0 Å². The summed E-state index contributed by atoms with van der Waals surface area (Å²) in [6.45, 7) is 2.59. The summed E-state index contributed by atoms with van der Waals surface area (Å²) < 4.78 is 0. The van der Waals surface area contributed by atoms with Gasteiger partial charge in [0.2, 0.25) is 5.91 Å². The number of hydrogen-bond donors (Lipinski definition) is 2. The van der Waals surface area contributed by atoms with Crippen LogP contribution in [0.3, 0.4) is 0 Å². The van der Waals surface area contributed by atoms with E-state index in [0.29, 0.717) is 13.0 Å². The van der Waals surface area contributed by atoms with Gasteiger partial charge in [0, 0.05) is 13.1 Å². The van der Waals surface area contributed by atoms with Gasteiger partial charge in [-0.25, -0.2) is 0 Å². The van der Waals surface area contributed by atoms with E-state index >= 15 is 0 Å². The minimum absolute atomic E-state index is 0. The van der Waals surface area contributed by atoms with E-state index in [4.69, 9.17) is 0 Å². The maximum atomic E-state index is 12.0. The second-order valence-electron chi connectivity index (χ2n) is 5.45. The van der Waals surface area contributed by atoms with Crippen molar-refractivity contribution in [1.82, 2.24) is 10.6 Å². The number of fused-ring (bicyclic) bond motifs is 1. The molecule has 3 rings (SSSR count). The molecule has 0 saturated heterocycles. The molecule has 1 heterocycles. The molecule has 116 valence electrons. The van der Waals surface area contributed by atoms with Gasteiger partial charge in [-0.3, -0.25) is 4.79 Å². The summed E-state index contributed by atoms with van der Waals surface area (Å²) in [5, 5.41) is 8.68. The van der Waals surface area contributed by atoms with Crippen LogP contribution in [0.5, 0.6) is 0 Å². The molecule has 22 heavy (non-hydrogen) atoms. The van der Waals surface area contributed by atoms with Crippen molar-refractivity contribution in [1.29, 1.82) is 0 Å². The molecule has 0 unspecified atom stereocenters. The molecule has 0 fully saturated rings. The van der Waals surface area contributed by atoms with Crippen molar-refractivity contribution < 1.29 is 4.79 Å². The summed E-state index contributed by atoms with van der Waals surface area (Å²) in [7, 11) is 0. The van der Waals surface area contributed by atoms with E-state index in [-0.39, 0.29) is 18.3 Å². The first-order chi connectivity index (χ1) is 10.3. The molecule has 0 aromatic heterocycles. The maximum absolute atomic E-state index is 12.0. The Morgan fingerprint density at radius 2 is 1.95 bits per heavy atom. The highest BCUT2D eigenvalue weighted by molar-refractivity contribution is 5.86. The van der Waals surface area contributed by atoms with E-state index in [1.807, 2.05) is 18.2 Å². The lowest BCUT2D eigenvalue weighted by molar-refractivity contribution is -0.120. The Balaban J connectivity index is 0.00000176. The van der Waals surface area contributed by atoms with Crippen molar-refractivity contribution in [3.63, 3.8) is 0 Å². The maximum Gasteiger partial charge on any atom is 0.224 e. The van der Waals surface area contributed by atoms with Gasteiger partial charge in [-0.1, -0.05) is 54.1 Å². The number of nitrogens with one attached hydrogen (secondary N) is 2. The standard InChI is InChI=1S/C18H20N2O.ClH/c21-18(20-13-14-7-9-19-10-8-14)12-15-5-6-16-3-1-2-4-17(16)11-15;/h1-7,11,19H,8-10,12-13H2,(H,20,21);1H. The third-order valence-corrected chi connectivity index (χ3v) is 3.85. The van der Waals surface area contributed by atoms with Crippen molar-refractivity contribution in [3.8, 4) is 0 Å². The van der Waals surface area contributed by atoms with E-state index in [9.17, 15) is 4.79 Å². The fraction of sp³-hybridized carbons (Fsp3) is 0.278. The topological polar surface area (TPSA) is 41.1 Å². The smallest absolute Gasteiger partial charge is 0.224 e. The zero-order valence-electron chi connectivity index (χ0n) is 12.5. The largest absolute Gasteiger partial charge is 0.352 e. The van der Waals surface area contributed by atoms with Gasteiger partial charge in [-0.2, -0.15) is 0 Å². The van der Waals surface area contributed by atoms with E-state index in [1.165, 1.54) is 16.3 Å². The molecule has 0 saturated carbocycles.